The molecule has 0 spiro atoms. The first-order valence-electron chi connectivity index (χ1n) is 35.4. The number of aromatic nitrogens is 11. The molecule has 0 saturated carbocycles. The highest BCUT2D eigenvalue weighted by atomic mass is 32.2. The summed E-state index contributed by atoms with van der Waals surface area (Å²) in [6.45, 7) is 1.42. The Labute approximate surface area is 703 Å². The summed E-state index contributed by atoms with van der Waals surface area (Å²) in [5, 5.41) is 7.03. The molecule has 622 valence electrons. The zero-order valence-corrected chi connectivity index (χ0v) is 67.8. The van der Waals surface area contributed by atoms with Crippen LogP contribution in [0.25, 0.3) is 97.5 Å². The molecule has 0 amide bonds. The summed E-state index contributed by atoms with van der Waals surface area (Å²) in [6.07, 6.45) is 6.43. The summed E-state index contributed by atoms with van der Waals surface area (Å²) in [5.41, 5.74) is 7.29. The van der Waals surface area contributed by atoms with Gasteiger partial charge in [-0.1, -0.05) is 72.8 Å². The van der Waals surface area contributed by atoms with Crippen molar-refractivity contribution >= 4 is 105 Å². The van der Waals surface area contributed by atoms with Gasteiger partial charge in [0.2, 0.25) is 17.8 Å². The molecular formula is C82H54F11N17O7S6. The van der Waals surface area contributed by atoms with Crippen molar-refractivity contribution in [2.75, 3.05) is 44.7 Å². The van der Waals surface area contributed by atoms with Crippen LogP contribution in [-0.2, 0) is 30.1 Å². The molecule has 7 N–H and O–H groups in total. The lowest BCUT2D eigenvalue weighted by Crippen LogP contribution is -2.17. The average Bonchev–Trinajstić information content (AvgIpc) is 1.38. The molecule has 0 aliphatic rings. The maximum Gasteiger partial charge on any atom is 0.267 e. The summed E-state index contributed by atoms with van der Waals surface area (Å²) in [5.74, 6) is -11.2. The first-order chi connectivity index (χ1) is 58.9. The van der Waals surface area contributed by atoms with Gasteiger partial charge in [-0.25, -0.2) is 118 Å². The van der Waals surface area contributed by atoms with E-state index in [0.717, 1.165) is 107 Å². The summed E-state index contributed by atoms with van der Waals surface area (Å²) in [4.78, 5) is 44.8. The van der Waals surface area contributed by atoms with E-state index in [2.05, 4.69) is 65.5 Å². The Kier molecular flexibility index (Phi) is 25.0. The largest absolute Gasteiger partial charge is 0.495 e. The lowest BCUT2D eigenvalue weighted by atomic mass is 10.1. The van der Waals surface area contributed by atoms with E-state index in [4.69, 9.17) is 10.5 Å². The molecule has 0 aliphatic heterocycles. The lowest BCUT2D eigenvalue weighted by molar-refractivity contribution is 0.417. The second-order valence-corrected chi connectivity index (χ2v) is 33.4. The number of benzene rings is 8. The van der Waals surface area contributed by atoms with E-state index in [1.54, 1.807) is 49.5 Å². The number of halogens is 11. The van der Waals surface area contributed by atoms with Crippen molar-refractivity contribution in [3.05, 3.63) is 301 Å². The number of pyridine rings is 2. The smallest absolute Gasteiger partial charge is 0.267 e. The van der Waals surface area contributed by atoms with Gasteiger partial charge >= 0.3 is 0 Å². The molecule has 123 heavy (non-hydrogen) atoms. The van der Waals surface area contributed by atoms with Gasteiger partial charge in [-0.2, -0.15) is 0 Å². The van der Waals surface area contributed by atoms with Crippen LogP contribution >= 0.6 is 34.0 Å². The molecule has 41 heteroatoms. The van der Waals surface area contributed by atoms with Gasteiger partial charge in [0.05, 0.1) is 102 Å². The molecule has 0 atom stereocenters. The SMILES string of the molecule is CNc1nccc(-c2sc(-c3ccc(F)cn3)nc2-c2cccc(NS(=O)(=O)c3c(F)cccc3F)c2F)n1.COc1ccccc1Nc1nccc(-c2sc(-c3ccc(F)cn3)nc2-c2cccc(NS(=O)(=O)c3c(F)cccc3F)c2F)n1.Cc1cc(F)c(S(=O)(=O)Nc2cccc(-c3nc(-c4ccccc4)sc3-c3ccnc(N)n3)c2F)c(F)c1. The molecule has 0 fully saturated rings. The number of thiazole rings is 3. The number of nitrogens with zero attached hydrogens (tertiary/aromatic N) is 11. The number of sulfonamides is 3. The van der Waals surface area contributed by atoms with E-state index in [0.29, 0.717) is 58.9 Å². The number of para-hydroxylation sites is 2. The van der Waals surface area contributed by atoms with Crippen LogP contribution in [0.1, 0.15) is 5.56 Å². The molecule has 8 heterocycles. The third-order valence-electron chi connectivity index (χ3n) is 17.3. The maximum absolute atomic E-state index is 16.1. The Morgan fingerprint density at radius 1 is 0.366 bits per heavy atom. The third kappa shape index (κ3) is 18.8. The van der Waals surface area contributed by atoms with E-state index in [-0.39, 0.29) is 67.9 Å². The van der Waals surface area contributed by atoms with Gasteiger partial charge in [-0.3, -0.25) is 24.1 Å². The summed E-state index contributed by atoms with van der Waals surface area (Å²) >= 11 is 3.41. The van der Waals surface area contributed by atoms with Crippen LogP contribution in [0.4, 0.5) is 88.9 Å². The fourth-order valence-corrected chi connectivity index (χ4v) is 18.6. The number of ether oxygens (including phenoxy) is 1. The Morgan fingerprint density at radius 2 is 0.740 bits per heavy atom. The Morgan fingerprint density at radius 3 is 1.16 bits per heavy atom. The van der Waals surface area contributed by atoms with Gasteiger partial charge in [-0.15, -0.1) is 34.0 Å². The molecule has 0 saturated heterocycles. The first kappa shape index (κ1) is 85.3. The van der Waals surface area contributed by atoms with Gasteiger partial charge in [0, 0.05) is 47.9 Å². The summed E-state index contributed by atoms with van der Waals surface area (Å²) < 4.78 is 249. The monoisotopic (exact) mass is 1790 g/mol. The van der Waals surface area contributed by atoms with Gasteiger partial charge in [0.15, 0.2) is 32.1 Å². The van der Waals surface area contributed by atoms with E-state index in [9.17, 15) is 60.4 Å². The minimum Gasteiger partial charge on any atom is -0.495 e. The number of nitrogen functional groups attached to an aromatic ring is 1. The van der Waals surface area contributed by atoms with Crippen molar-refractivity contribution in [1.29, 1.82) is 0 Å². The number of hydrogen-bond acceptors (Lipinski definition) is 24. The zero-order chi connectivity index (χ0) is 87.2. The van der Waals surface area contributed by atoms with Crippen LogP contribution in [0, 0.1) is 70.9 Å². The molecule has 24 nitrogen and oxygen atoms in total. The second-order valence-electron chi connectivity index (χ2n) is 25.6. The van der Waals surface area contributed by atoms with Crippen molar-refractivity contribution in [3.63, 3.8) is 0 Å². The number of anilines is 7. The lowest BCUT2D eigenvalue weighted by Gasteiger charge is -2.13. The van der Waals surface area contributed by atoms with Crippen molar-refractivity contribution in [2.45, 2.75) is 21.6 Å². The molecule has 0 aliphatic carbocycles. The Bertz CT molecular complexity index is 7010. The van der Waals surface area contributed by atoms with E-state index in [1.807, 2.05) is 44.5 Å². The number of aryl methyl sites for hydroxylation is 1. The summed E-state index contributed by atoms with van der Waals surface area (Å²) in [7, 11) is -11.4. The third-order valence-corrected chi connectivity index (χ3v) is 24.9. The molecule has 8 aromatic carbocycles. The fourth-order valence-electron chi connectivity index (χ4n) is 11.9. The van der Waals surface area contributed by atoms with Crippen molar-refractivity contribution in [2.24, 2.45) is 0 Å². The van der Waals surface area contributed by atoms with E-state index in [1.165, 1.54) is 105 Å². The highest BCUT2D eigenvalue weighted by Gasteiger charge is 2.33. The van der Waals surface area contributed by atoms with Crippen LogP contribution in [0.15, 0.2) is 246 Å². The topological polar surface area (TPSA) is 340 Å². The Hall–Kier alpha value is -14.1. The predicted octanol–water partition coefficient (Wildman–Crippen LogP) is 19.2. The first-order valence-corrected chi connectivity index (χ1v) is 42.3. The van der Waals surface area contributed by atoms with Gasteiger partial charge in [0.25, 0.3) is 30.1 Å². The second kappa shape index (κ2) is 36.0. The maximum atomic E-state index is 16.1. The van der Waals surface area contributed by atoms with Crippen molar-refractivity contribution in [3.8, 4) is 103 Å². The minimum atomic E-state index is -4.88. The fraction of sp³-hybridized carbons (Fsp3) is 0.0366. The van der Waals surface area contributed by atoms with Crippen LogP contribution in [0.2, 0.25) is 0 Å². The standard InChI is InChI=1S/C31H20F4N6O3S2.C26H18F3N5O2S2.C25H16F4N6O2S2/c1-44-25-11-3-2-9-21(25)38-31-36-15-14-23(39-31)28-27(40-30(45-28)24-13-12-17(32)16-37-24)18-6-4-10-22(26(18)35)41-46(42,43)29-19(33)7-5-8-20(29)34;1-14-12-17(27)24(18(28)13-14)38(35,36)34-19-9-5-8-16(21(19)29)22-23(20-10-11-31-26(30)32-20)37-25(33-22)15-6-3-2-4-7-15;1-30-25-31-11-10-18(33-25)22-21(34-24(38-22)19-9-8-13(26)12-32-19)14-4-2-7-17(20(14)29)35-39(36,37)23-15(27)5-3-6-16(23)28/h2-16,41H,1H3,(H,36,38,39);2-13,34H,1H3,(H2,30,31,32);2-12,35H,1H3,(H,30,31,33). The van der Waals surface area contributed by atoms with Crippen LogP contribution in [0.5, 0.6) is 5.75 Å². The highest BCUT2D eigenvalue weighted by molar-refractivity contribution is 7.93. The number of nitrogens with two attached hydrogens (primary N) is 1. The number of nitrogens with one attached hydrogen (secondary N) is 5. The van der Waals surface area contributed by atoms with Gasteiger partial charge < -0.3 is 21.1 Å². The van der Waals surface area contributed by atoms with Crippen LogP contribution in [-0.4, -0.2) is 94.2 Å². The average molecular weight is 1790 g/mol. The molecule has 0 bridgehead atoms. The molecule has 0 radical (unpaired) electrons. The highest BCUT2D eigenvalue weighted by Crippen LogP contribution is 2.46. The quantitative estimate of drug-likeness (QED) is 0.0343. The van der Waals surface area contributed by atoms with Crippen molar-refractivity contribution < 1.29 is 78.3 Å². The Balaban J connectivity index is 0.000000151. The van der Waals surface area contributed by atoms with E-state index < -0.39 is 126 Å². The number of rotatable bonds is 22. The number of methoxy groups -OCH3 is 1. The van der Waals surface area contributed by atoms with Crippen molar-refractivity contribution in [1.82, 2.24) is 54.8 Å². The van der Waals surface area contributed by atoms with Crippen LogP contribution < -0.4 is 35.3 Å². The molecule has 0 unspecified atom stereocenters. The summed E-state index contributed by atoms with van der Waals surface area (Å²) in [6, 6.07) is 44.7. The minimum absolute atomic E-state index is 0.00671. The normalized spacial score (nSPS) is 11.4. The number of hydrogen-bond donors (Lipinski definition) is 6. The molecule has 16 aromatic rings. The molecule has 16 rings (SSSR count). The zero-order valence-electron chi connectivity index (χ0n) is 62.9. The molecule has 8 aromatic heterocycles. The van der Waals surface area contributed by atoms with Crippen LogP contribution in [0.3, 0.4) is 0 Å². The van der Waals surface area contributed by atoms with E-state index >= 15 is 13.2 Å². The predicted molar refractivity (Wildman–Crippen MR) is 444 cm³/mol. The molecular weight excluding hydrogens is 1740 g/mol. The van der Waals surface area contributed by atoms with Gasteiger partial charge in [-0.05, 0) is 140 Å². The van der Waals surface area contributed by atoms with Gasteiger partial charge in [0.1, 0.15) is 67.3 Å².